The predicted octanol–water partition coefficient (Wildman–Crippen LogP) is 0.930. The van der Waals surface area contributed by atoms with Gasteiger partial charge in [0.15, 0.2) is 0 Å². The van der Waals surface area contributed by atoms with Gasteiger partial charge in [0.25, 0.3) is 5.56 Å². The highest BCUT2D eigenvalue weighted by atomic mass is 16.5. The van der Waals surface area contributed by atoms with Crippen molar-refractivity contribution in [2.45, 2.75) is 6.42 Å². The van der Waals surface area contributed by atoms with Crippen LogP contribution in [0.2, 0.25) is 0 Å². The molecule has 20 heavy (non-hydrogen) atoms. The fraction of sp³-hybridized carbons (Fsp3) is 0.214. The minimum absolute atomic E-state index is 0.00702. The summed E-state index contributed by atoms with van der Waals surface area (Å²) in [7, 11) is 2.88. The van der Waals surface area contributed by atoms with Crippen molar-refractivity contribution in [3.05, 3.63) is 51.9 Å². The molecule has 0 fully saturated rings. The zero-order valence-electron chi connectivity index (χ0n) is 11.3. The van der Waals surface area contributed by atoms with Crippen LogP contribution in [0.15, 0.2) is 40.1 Å². The molecular formula is C14H15N3O3. The second-order valence-electron chi connectivity index (χ2n) is 4.12. The Morgan fingerprint density at radius 3 is 2.70 bits per heavy atom. The quantitative estimate of drug-likeness (QED) is 0.665. The highest BCUT2D eigenvalue weighted by Crippen LogP contribution is 2.07. The molecule has 6 heteroatoms. The summed E-state index contributed by atoms with van der Waals surface area (Å²) in [6.07, 6.45) is 1.43. The highest BCUT2D eigenvalue weighted by molar-refractivity contribution is 5.83. The van der Waals surface area contributed by atoms with Gasteiger partial charge >= 0.3 is 5.97 Å². The molecule has 1 aromatic heterocycles. The summed E-state index contributed by atoms with van der Waals surface area (Å²) < 4.78 is 6.01. The number of esters is 1. The van der Waals surface area contributed by atoms with Crippen LogP contribution in [-0.2, 0) is 16.0 Å². The maximum absolute atomic E-state index is 12.3. The first kappa shape index (κ1) is 13.8. The van der Waals surface area contributed by atoms with Gasteiger partial charge in [0.05, 0.1) is 30.5 Å². The molecule has 0 unspecified atom stereocenters. The lowest BCUT2D eigenvalue weighted by atomic mass is 10.2. The van der Waals surface area contributed by atoms with Gasteiger partial charge < -0.3 is 4.74 Å². The smallest absolute Gasteiger partial charge is 0.311 e. The number of para-hydroxylation sites is 1. The number of H-pyrrole nitrogens is 1. The molecule has 1 heterocycles. The molecule has 0 bridgehead atoms. The van der Waals surface area contributed by atoms with Crippen molar-refractivity contribution in [3.63, 3.8) is 0 Å². The number of ether oxygens (including phenoxy) is 1. The van der Waals surface area contributed by atoms with E-state index in [0.29, 0.717) is 16.9 Å². The number of aromatic nitrogens is 2. The standard InChI is InChI=1S/C14H15N3O3/c1-15-9-11-12(8-13(18)20-2)16-17(14(11)19)10-6-4-3-5-7-10/h3-7,9,16H,8H2,1-2H3. The topological polar surface area (TPSA) is 76.4 Å². The maximum Gasteiger partial charge on any atom is 0.311 e. The van der Waals surface area contributed by atoms with E-state index >= 15 is 0 Å². The molecule has 0 radical (unpaired) electrons. The van der Waals surface area contributed by atoms with Gasteiger partial charge in [-0.05, 0) is 12.1 Å². The lowest BCUT2D eigenvalue weighted by Gasteiger charge is -2.01. The van der Waals surface area contributed by atoms with Crippen LogP contribution in [0.25, 0.3) is 5.69 Å². The van der Waals surface area contributed by atoms with Crippen LogP contribution in [0.3, 0.4) is 0 Å². The van der Waals surface area contributed by atoms with Gasteiger partial charge in [-0.1, -0.05) is 18.2 Å². The van der Waals surface area contributed by atoms with E-state index in [1.165, 1.54) is 18.0 Å². The Balaban J connectivity index is 2.53. The normalized spacial score (nSPS) is 10.9. The number of nitrogens with one attached hydrogen (secondary N) is 1. The summed E-state index contributed by atoms with van der Waals surface area (Å²) in [5.74, 6) is -0.419. The number of hydrogen-bond donors (Lipinski definition) is 1. The molecule has 2 aromatic rings. The van der Waals surface area contributed by atoms with Gasteiger partial charge in [0.2, 0.25) is 0 Å². The number of methoxy groups -OCH3 is 1. The Labute approximate surface area is 115 Å². The van der Waals surface area contributed by atoms with Crippen molar-refractivity contribution in [1.29, 1.82) is 0 Å². The van der Waals surface area contributed by atoms with E-state index in [4.69, 9.17) is 0 Å². The van der Waals surface area contributed by atoms with Gasteiger partial charge in [0.1, 0.15) is 0 Å². The number of carbonyl (C=O) groups excluding carboxylic acids is 1. The SMILES string of the molecule is CN=Cc1c(CC(=O)OC)[nH]n(-c2ccccc2)c1=O. The molecule has 0 aliphatic heterocycles. The summed E-state index contributed by atoms with van der Waals surface area (Å²) in [5.41, 5.74) is 1.29. The van der Waals surface area contributed by atoms with Crippen molar-refractivity contribution in [1.82, 2.24) is 9.78 Å². The van der Waals surface area contributed by atoms with Crippen molar-refractivity contribution in [3.8, 4) is 5.69 Å². The predicted molar refractivity (Wildman–Crippen MR) is 75.6 cm³/mol. The van der Waals surface area contributed by atoms with Crippen molar-refractivity contribution < 1.29 is 9.53 Å². The first-order valence-electron chi connectivity index (χ1n) is 6.05. The molecule has 1 aromatic carbocycles. The second kappa shape index (κ2) is 6.01. The molecular weight excluding hydrogens is 258 g/mol. The molecule has 0 saturated heterocycles. The van der Waals surface area contributed by atoms with Crippen LogP contribution in [0.1, 0.15) is 11.3 Å². The third-order valence-electron chi connectivity index (χ3n) is 2.83. The Morgan fingerprint density at radius 1 is 1.40 bits per heavy atom. The monoisotopic (exact) mass is 273 g/mol. The molecule has 0 spiro atoms. The molecule has 2 rings (SSSR count). The lowest BCUT2D eigenvalue weighted by molar-refractivity contribution is -0.139. The van der Waals surface area contributed by atoms with E-state index in [1.54, 1.807) is 19.2 Å². The highest BCUT2D eigenvalue weighted by Gasteiger charge is 2.16. The van der Waals surface area contributed by atoms with Crippen LogP contribution in [0.4, 0.5) is 0 Å². The van der Waals surface area contributed by atoms with Gasteiger partial charge in [-0.15, -0.1) is 0 Å². The zero-order valence-corrected chi connectivity index (χ0v) is 11.3. The van der Waals surface area contributed by atoms with Crippen molar-refractivity contribution in [2.75, 3.05) is 14.2 Å². The summed E-state index contributed by atoms with van der Waals surface area (Å²) >= 11 is 0. The minimum Gasteiger partial charge on any atom is -0.469 e. The molecule has 0 aliphatic carbocycles. The fourth-order valence-electron chi connectivity index (χ4n) is 1.87. The Morgan fingerprint density at radius 2 is 2.10 bits per heavy atom. The molecule has 0 atom stereocenters. The van der Waals surface area contributed by atoms with E-state index in [-0.39, 0.29) is 12.0 Å². The molecule has 104 valence electrons. The van der Waals surface area contributed by atoms with Gasteiger partial charge in [0, 0.05) is 13.3 Å². The average Bonchev–Trinajstić information content (AvgIpc) is 2.77. The number of carbonyl (C=O) groups is 1. The number of benzene rings is 1. The van der Waals surface area contributed by atoms with Crippen molar-refractivity contribution in [2.24, 2.45) is 4.99 Å². The molecule has 1 N–H and O–H groups in total. The summed E-state index contributed by atoms with van der Waals surface area (Å²) in [6, 6.07) is 9.12. The van der Waals surface area contributed by atoms with E-state index in [2.05, 4.69) is 14.8 Å². The number of hydrogen-bond acceptors (Lipinski definition) is 4. The third kappa shape index (κ3) is 2.69. The van der Waals surface area contributed by atoms with E-state index in [1.807, 2.05) is 18.2 Å². The molecule has 0 aliphatic rings. The number of rotatable bonds is 4. The summed E-state index contributed by atoms with van der Waals surface area (Å²) in [4.78, 5) is 27.6. The van der Waals surface area contributed by atoms with E-state index in [0.717, 1.165) is 0 Å². The number of aliphatic imine (C=N–C) groups is 1. The van der Waals surface area contributed by atoms with Gasteiger partial charge in [-0.3, -0.25) is 19.7 Å². The first-order valence-corrected chi connectivity index (χ1v) is 6.05. The van der Waals surface area contributed by atoms with Crippen LogP contribution < -0.4 is 5.56 Å². The third-order valence-corrected chi connectivity index (χ3v) is 2.83. The minimum atomic E-state index is -0.419. The fourth-order valence-corrected chi connectivity index (χ4v) is 1.87. The number of nitrogens with zero attached hydrogens (tertiary/aromatic N) is 2. The van der Waals surface area contributed by atoms with E-state index in [9.17, 15) is 9.59 Å². The molecule has 6 nitrogen and oxygen atoms in total. The Hall–Kier alpha value is -2.63. The van der Waals surface area contributed by atoms with Crippen LogP contribution in [0, 0.1) is 0 Å². The zero-order chi connectivity index (χ0) is 14.5. The van der Waals surface area contributed by atoms with Crippen LogP contribution in [-0.4, -0.2) is 36.1 Å². The maximum atomic E-state index is 12.3. The van der Waals surface area contributed by atoms with Gasteiger partial charge in [-0.25, -0.2) is 4.68 Å². The van der Waals surface area contributed by atoms with E-state index < -0.39 is 5.97 Å². The summed E-state index contributed by atoms with van der Waals surface area (Å²) in [5, 5.41) is 2.93. The summed E-state index contributed by atoms with van der Waals surface area (Å²) in [6.45, 7) is 0. The van der Waals surface area contributed by atoms with Gasteiger partial charge in [-0.2, -0.15) is 0 Å². The largest absolute Gasteiger partial charge is 0.469 e. The Bertz CT molecular complexity index is 683. The second-order valence-corrected chi connectivity index (χ2v) is 4.12. The average molecular weight is 273 g/mol. The van der Waals surface area contributed by atoms with Crippen LogP contribution in [0.5, 0.6) is 0 Å². The first-order chi connectivity index (χ1) is 9.67. The number of aromatic amines is 1. The Kier molecular flexibility index (Phi) is 4.14. The lowest BCUT2D eigenvalue weighted by Crippen LogP contribution is -2.17. The van der Waals surface area contributed by atoms with Crippen molar-refractivity contribution >= 4 is 12.2 Å². The molecule has 0 saturated carbocycles. The van der Waals surface area contributed by atoms with Crippen LogP contribution >= 0.6 is 0 Å². The molecule has 0 amide bonds.